The van der Waals surface area contributed by atoms with Crippen molar-refractivity contribution >= 4 is 15.7 Å². The molecule has 3 rings (SSSR count). The lowest BCUT2D eigenvalue weighted by molar-refractivity contribution is 0.600. The van der Waals surface area contributed by atoms with Gasteiger partial charge in [-0.3, -0.25) is 9.82 Å². The Balaban J connectivity index is 1.95. The van der Waals surface area contributed by atoms with E-state index < -0.39 is 15.8 Å². The van der Waals surface area contributed by atoms with Crippen molar-refractivity contribution < 1.29 is 12.8 Å². The zero-order valence-electron chi connectivity index (χ0n) is 13.3. The first-order chi connectivity index (χ1) is 11.3. The van der Waals surface area contributed by atoms with Gasteiger partial charge in [-0.25, -0.2) is 17.8 Å². The third-order valence-electron chi connectivity index (χ3n) is 3.61. The number of aryl methyl sites for hydroxylation is 3. The molecule has 1 aromatic carbocycles. The van der Waals surface area contributed by atoms with Crippen LogP contribution in [0.15, 0.2) is 35.5 Å². The summed E-state index contributed by atoms with van der Waals surface area (Å²) in [6, 6.07) is 4.13. The summed E-state index contributed by atoms with van der Waals surface area (Å²) in [5, 5.41) is 6.49. The van der Waals surface area contributed by atoms with Crippen LogP contribution in [0.25, 0.3) is 5.69 Å². The normalized spacial score (nSPS) is 11.7. The highest BCUT2D eigenvalue weighted by Gasteiger charge is 2.22. The Hall–Kier alpha value is -2.68. The number of benzene rings is 1. The number of hydrogen-bond donors (Lipinski definition) is 2. The first-order valence-corrected chi connectivity index (χ1v) is 8.62. The van der Waals surface area contributed by atoms with Gasteiger partial charge in [0.25, 0.3) is 10.0 Å². The van der Waals surface area contributed by atoms with Crippen LogP contribution >= 0.6 is 0 Å². The maximum atomic E-state index is 14.4. The SMILES string of the molecule is Cc1n[nH]c(C)c1S(=O)(=O)Nc1ccc(-n2ccnc2C)c(F)c1. The van der Waals surface area contributed by atoms with Crippen molar-refractivity contribution in [3.8, 4) is 5.69 Å². The van der Waals surface area contributed by atoms with Crippen LogP contribution in [0, 0.1) is 26.6 Å². The zero-order chi connectivity index (χ0) is 17.5. The minimum absolute atomic E-state index is 0.0671. The minimum Gasteiger partial charge on any atom is -0.301 e. The fourth-order valence-corrected chi connectivity index (χ4v) is 3.96. The van der Waals surface area contributed by atoms with Gasteiger partial charge in [-0.1, -0.05) is 0 Å². The van der Waals surface area contributed by atoms with Gasteiger partial charge < -0.3 is 4.57 Å². The van der Waals surface area contributed by atoms with Crippen LogP contribution in [0.2, 0.25) is 0 Å². The minimum atomic E-state index is -3.85. The molecule has 0 bridgehead atoms. The number of H-pyrrole nitrogens is 1. The molecule has 0 saturated heterocycles. The molecule has 9 heteroatoms. The highest BCUT2D eigenvalue weighted by Crippen LogP contribution is 2.24. The predicted molar refractivity (Wildman–Crippen MR) is 87.1 cm³/mol. The average Bonchev–Trinajstić information content (AvgIpc) is 3.05. The molecule has 0 aliphatic heterocycles. The Kier molecular flexibility index (Phi) is 3.88. The number of rotatable bonds is 4. The predicted octanol–water partition coefficient (Wildman–Crippen LogP) is 2.46. The van der Waals surface area contributed by atoms with Gasteiger partial charge >= 0.3 is 0 Å². The van der Waals surface area contributed by atoms with Crippen molar-refractivity contribution in [3.63, 3.8) is 0 Å². The topological polar surface area (TPSA) is 92.7 Å². The van der Waals surface area contributed by atoms with Crippen LogP contribution in [0.1, 0.15) is 17.2 Å². The molecule has 0 unspecified atom stereocenters. The quantitative estimate of drug-likeness (QED) is 0.757. The molecule has 2 heterocycles. The van der Waals surface area contributed by atoms with Crippen molar-refractivity contribution in [2.24, 2.45) is 0 Å². The Morgan fingerprint density at radius 3 is 2.54 bits per heavy atom. The molecule has 0 amide bonds. The number of sulfonamides is 1. The molecule has 24 heavy (non-hydrogen) atoms. The largest absolute Gasteiger partial charge is 0.301 e. The monoisotopic (exact) mass is 349 g/mol. The average molecular weight is 349 g/mol. The first kappa shape index (κ1) is 16.2. The molecule has 2 aromatic heterocycles. The number of imidazole rings is 1. The number of aromatic amines is 1. The van der Waals surface area contributed by atoms with Crippen molar-refractivity contribution in [2.45, 2.75) is 25.7 Å². The highest BCUT2D eigenvalue weighted by atomic mass is 32.2. The fourth-order valence-electron chi connectivity index (χ4n) is 2.54. The summed E-state index contributed by atoms with van der Waals surface area (Å²) in [5.41, 5.74) is 1.20. The van der Waals surface area contributed by atoms with E-state index in [1.807, 2.05) is 0 Å². The van der Waals surface area contributed by atoms with E-state index in [0.29, 0.717) is 22.9 Å². The van der Waals surface area contributed by atoms with Gasteiger partial charge in [0, 0.05) is 18.5 Å². The molecule has 3 aromatic rings. The summed E-state index contributed by atoms with van der Waals surface area (Å²) in [4.78, 5) is 4.11. The highest BCUT2D eigenvalue weighted by molar-refractivity contribution is 7.92. The lowest BCUT2D eigenvalue weighted by atomic mass is 10.2. The number of anilines is 1. The van der Waals surface area contributed by atoms with Crippen molar-refractivity contribution in [1.29, 1.82) is 0 Å². The number of hydrogen-bond acceptors (Lipinski definition) is 4. The summed E-state index contributed by atoms with van der Waals surface area (Å²) >= 11 is 0. The molecule has 0 radical (unpaired) electrons. The molecule has 0 aliphatic carbocycles. The third-order valence-corrected chi connectivity index (χ3v) is 5.26. The first-order valence-electron chi connectivity index (χ1n) is 7.14. The maximum absolute atomic E-state index is 14.4. The number of nitrogens with one attached hydrogen (secondary N) is 2. The fraction of sp³-hybridized carbons (Fsp3) is 0.200. The molecule has 0 saturated carbocycles. The van der Waals surface area contributed by atoms with Crippen LogP contribution in [0.3, 0.4) is 0 Å². The van der Waals surface area contributed by atoms with E-state index in [9.17, 15) is 12.8 Å². The van der Waals surface area contributed by atoms with Crippen molar-refractivity contribution in [1.82, 2.24) is 19.7 Å². The number of aromatic nitrogens is 4. The lowest BCUT2D eigenvalue weighted by Gasteiger charge is -2.11. The second kappa shape index (κ2) is 5.75. The van der Waals surface area contributed by atoms with Crippen LogP contribution in [0.4, 0.5) is 10.1 Å². The van der Waals surface area contributed by atoms with Gasteiger partial charge in [-0.05, 0) is 32.9 Å². The van der Waals surface area contributed by atoms with E-state index in [-0.39, 0.29) is 10.6 Å². The summed E-state index contributed by atoms with van der Waals surface area (Å²) < 4.78 is 43.3. The molecule has 0 spiro atoms. The maximum Gasteiger partial charge on any atom is 0.265 e. The van der Waals surface area contributed by atoms with E-state index in [4.69, 9.17) is 0 Å². The molecular weight excluding hydrogens is 333 g/mol. The summed E-state index contributed by atoms with van der Waals surface area (Å²) in [5.74, 6) is 0.0730. The molecule has 2 N–H and O–H groups in total. The number of nitrogens with zero attached hydrogens (tertiary/aromatic N) is 3. The van der Waals surface area contributed by atoms with E-state index in [1.165, 1.54) is 12.1 Å². The van der Waals surface area contributed by atoms with Crippen molar-refractivity contribution in [2.75, 3.05) is 4.72 Å². The van der Waals surface area contributed by atoms with Crippen molar-refractivity contribution in [3.05, 3.63) is 53.6 Å². The molecule has 0 atom stereocenters. The van der Waals surface area contributed by atoms with E-state index >= 15 is 0 Å². The Labute approximate surface area is 138 Å². The molecule has 0 aliphatic rings. The Morgan fingerprint density at radius 1 is 1.25 bits per heavy atom. The van der Waals surface area contributed by atoms with Gasteiger partial charge in [0.05, 0.1) is 22.8 Å². The Morgan fingerprint density at radius 2 is 2.00 bits per heavy atom. The molecule has 126 valence electrons. The molecule has 0 fully saturated rings. The standard InChI is InChI=1S/C15H16FN5O2S/c1-9-15(10(2)19-18-9)24(22,23)20-12-4-5-14(13(16)8-12)21-7-6-17-11(21)3/h4-8,20H,1-3H3,(H,18,19). The smallest absolute Gasteiger partial charge is 0.265 e. The van der Waals surface area contributed by atoms with Gasteiger partial charge in [-0.2, -0.15) is 5.10 Å². The van der Waals surface area contributed by atoms with Crippen LogP contribution < -0.4 is 4.72 Å². The van der Waals surface area contributed by atoms with Gasteiger partial charge in [-0.15, -0.1) is 0 Å². The van der Waals surface area contributed by atoms with Crippen LogP contribution in [-0.4, -0.2) is 28.2 Å². The van der Waals surface area contributed by atoms with E-state index in [1.54, 1.807) is 37.7 Å². The summed E-state index contributed by atoms with van der Waals surface area (Å²) in [7, 11) is -3.85. The van der Waals surface area contributed by atoms with Gasteiger partial charge in [0.2, 0.25) is 0 Å². The second-order valence-corrected chi connectivity index (χ2v) is 7.00. The summed E-state index contributed by atoms with van der Waals surface area (Å²) in [6.07, 6.45) is 3.20. The molecule has 7 nitrogen and oxygen atoms in total. The van der Waals surface area contributed by atoms with Crippen LogP contribution in [-0.2, 0) is 10.0 Å². The zero-order valence-corrected chi connectivity index (χ0v) is 14.1. The molecular formula is C15H16FN5O2S. The lowest BCUT2D eigenvalue weighted by Crippen LogP contribution is -2.15. The second-order valence-electron chi connectivity index (χ2n) is 5.38. The Bertz CT molecular complexity index is 987. The van der Waals surface area contributed by atoms with Gasteiger partial charge in [0.1, 0.15) is 16.5 Å². The van der Waals surface area contributed by atoms with E-state index in [0.717, 1.165) is 6.07 Å². The number of halogens is 1. The summed E-state index contributed by atoms with van der Waals surface area (Å²) in [6.45, 7) is 4.95. The van der Waals surface area contributed by atoms with Crippen LogP contribution in [0.5, 0.6) is 0 Å². The van der Waals surface area contributed by atoms with E-state index in [2.05, 4.69) is 19.9 Å². The van der Waals surface area contributed by atoms with Gasteiger partial charge in [0.15, 0.2) is 0 Å². The third kappa shape index (κ3) is 2.78.